The van der Waals surface area contributed by atoms with E-state index in [1.165, 1.54) is 17.5 Å². The first-order chi connectivity index (χ1) is 16.1. The molecule has 0 spiro atoms. The van der Waals surface area contributed by atoms with E-state index in [0.29, 0.717) is 5.89 Å². The van der Waals surface area contributed by atoms with E-state index in [4.69, 9.17) is 8.83 Å². The van der Waals surface area contributed by atoms with Crippen molar-refractivity contribution in [3.05, 3.63) is 109 Å². The number of benzene rings is 2. The van der Waals surface area contributed by atoms with Crippen molar-refractivity contribution in [2.24, 2.45) is 0 Å². The third-order valence-electron chi connectivity index (χ3n) is 4.66. The summed E-state index contributed by atoms with van der Waals surface area (Å²) >= 11 is 0. The topological polar surface area (TPSA) is 77.8 Å². The summed E-state index contributed by atoms with van der Waals surface area (Å²) in [4.78, 5) is 16.5. The van der Waals surface area contributed by atoms with Crippen molar-refractivity contribution >= 4 is 22.2 Å². The number of aromatic nitrogens is 4. The van der Waals surface area contributed by atoms with Gasteiger partial charge in [-0.15, -0.1) is 0 Å². The van der Waals surface area contributed by atoms with Gasteiger partial charge in [0.1, 0.15) is 11.0 Å². The maximum absolute atomic E-state index is 5.66. The number of hydrogen-bond donors (Lipinski definition) is 0. The van der Waals surface area contributed by atoms with Gasteiger partial charge in [-0.2, -0.15) is 0 Å². The van der Waals surface area contributed by atoms with Gasteiger partial charge in [-0.1, -0.05) is 30.3 Å². The minimum Gasteiger partial charge on any atom is -0.443 e. The van der Waals surface area contributed by atoms with Crippen molar-refractivity contribution in [3.8, 4) is 11.5 Å². The predicted octanol–water partition coefficient (Wildman–Crippen LogP) is 6.72. The Morgan fingerprint density at radius 2 is 1.24 bits per heavy atom. The van der Waals surface area contributed by atoms with Gasteiger partial charge in [0.2, 0.25) is 5.89 Å². The zero-order valence-electron chi connectivity index (χ0n) is 18.8. The molecule has 0 aliphatic carbocycles. The first-order valence-corrected chi connectivity index (χ1v) is 10.5. The molecule has 0 atom stereocenters. The van der Waals surface area contributed by atoms with Crippen LogP contribution >= 0.6 is 0 Å². The zero-order valence-corrected chi connectivity index (χ0v) is 18.8. The molecule has 4 aromatic heterocycles. The Morgan fingerprint density at radius 3 is 1.85 bits per heavy atom. The second kappa shape index (κ2) is 10.3. The molecule has 0 bridgehead atoms. The van der Waals surface area contributed by atoms with E-state index in [9.17, 15) is 0 Å². The molecule has 0 fully saturated rings. The molecular weight excluding hydrogens is 412 g/mol. The summed E-state index contributed by atoms with van der Waals surface area (Å²) in [5.41, 5.74) is 7.90. The van der Waals surface area contributed by atoms with Crippen LogP contribution in [-0.2, 0) is 0 Å². The molecule has 0 aliphatic heterocycles. The van der Waals surface area contributed by atoms with Crippen LogP contribution < -0.4 is 0 Å². The summed E-state index contributed by atoms with van der Waals surface area (Å²) in [7, 11) is 0. The highest BCUT2D eigenvalue weighted by Gasteiger charge is 2.07. The van der Waals surface area contributed by atoms with Crippen molar-refractivity contribution in [3.63, 3.8) is 0 Å². The highest BCUT2D eigenvalue weighted by Crippen LogP contribution is 2.23. The lowest BCUT2D eigenvalue weighted by molar-refractivity contribution is 0.602. The number of para-hydroxylation sites is 4. The number of fused-ring (bicyclic) bond motifs is 2. The molecule has 0 saturated carbocycles. The van der Waals surface area contributed by atoms with E-state index in [1.54, 1.807) is 6.20 Å². The molecule has 0 unspecified atom stereocenters. The maximum atomic E-state index is 5.66. The molecule has 2 aromatic carbocycles. The van der Waals surface area contributed by atoms with Crippen LogP contribution in [-0.4, -0.2) is 19.9 Å². The molecule has 6 heteroatoms. The van der Waals surface area contributed by atoms with E-state index >= 15 is 0 Å². The Kier molecular flexibility index (Phi) is 6.85. The van der Waals surface area contributed by atoms with Crippen LogP contribution in [0.1, 0.15) is 16.7 Å². The van der Waals surface area contributed by atoms with Crippen molar-refractivity contribution < 1.29 is 8.83 Å². The third-order valence-corrected chi connectivity index (χ3v) is 4.66. The number of pyridine rings is 2. The molecule has 0 aliphatic rings. The van der Waals surface area contributed by atoms with E-state index in [2.05, 4.69) is 26.0 Å². The van der Waals surface area contributed by atoms with Crippen molar-refractivity contribution in [2.45, 2.75) is 20.8 Å². The van der Waals surface area contributed by atoms with Crippen LogP contribution in [0.15, 0.2) is 101 Å². The Hall–Kier alpha value is -4.32. The standard InChI is InChI=1S/C13H10N2O.C7H5NO.C7H9N/c1-9-6-10(8-14-7-9)13-15-11-4-2-3-5-12(11)16-13;1-2-4-7-6(3-1)8-5-9-7;1-6-3-7(2)5-8-4-6/h2-8H,1H3;1-5H;3-5H,1-2H3. The van der Waals surface area contributed by atoms with Crippen molar-refractivity contribution in [2.75, 3.05) is 0 Å². The van der Waals surface area contributed by atoms with E-state index in [1.807, 2.05) is 94.0 Å². The highest BCUT2D eigenvalue weighted by molar-refractivity contribution is 5.75. The van der Waals surface area contributed by atoms with Gasteiger partial charge in [0.05, 0.1) is 5.56 Å². The Morgan fingerprint density at radius 1 is 0.636 bits per heavy atom. The molecule has 33 heavy (non-hydrogen) atoms. The first kappa shape index (κ1) is 21.9. The monoisotopic (exact) mass is 436 g/mol. The lowest BCUT2D eigenvalue weighted by Gasteiger charge is -1.95. The molecular formula is C27H24N4O2. The van der Waals surface area contributed by atoms with Crippen LogP contribution in [0.2, 0.25) is 0 Å². The third kappa shape index (κ3) is 5.89. The van der Waals surface area contributed by atoms with Crippen molar-refractivity contribution in [1.29, 1.82) is 0 Å². The van der Waals surface area contributed by atoms with Crippen LogP contribution in [0.3, 0.4) is 0 Å². The fraction of sp³-hybridized carbons (Fsp3) is 0.111. The molecule has 0 amide bonds. The molecule has 6 rings (SSSR count). The van der Waals surface area contributed by atoms with Gasteiger partial charge in [-0.25, -0.2) is 9.97 Å². The zero-order chi connectivity index (χ0) is 23.0. The molecule has 0 N–H and O–H groups in total. The van der Waals surface area contributed by atoms with Gasteiger partial charge in [0.15, 0.2) is 17.6 Å². The second-order valence-electron chi connectivity index (χ2n) is 7.60. The Bertz CT molecular complexity index is 1390. The smallest absolute Gasteiger partial charge is 0.228 e. The largest absolute Gasteiger partial charge is 0.443 e. The van der Waals surface area contributed by atoms with Crippen LogP contribution in [0.25, 0.3) is 33.7 Å². The second-order valence-corrected chi connectivity index (χ2v) is 7.60. The van der Waals surface area contributed by atoms with E-state index in [0.717, 1.165) is 33.3 Å². The van der Waals surface area contributed by atoms with Gasteiger partial charge in [0, 0.05) is 24.8 Å². The van der Waals surface area contributed by atoms with Crippen LogP contribution in [0.4, 0.5) is 0 Å². The summed E-state index contributed by atoms with van der Waals surface area (Å²) in [5, 5.41) is 0. The fourth-order valence-corrected chi connectivity index (χ4v) is 3.18. The molecule has 6 nitrogen and oxygen atoms in total. The number of rotatable bonds is 1. The first-order valence-electron chi connectivity index (χ1n) is 10.5. The number of oxazole rings is 2. The number of hydrogen-bond acceptors (Lipinski definition) is 6. The quantitative estimate of drug-likeness (QED) is 0.284. The van der Waals surface area contributed by atoms with Gasteiger partial charge < -0.3 is 8.83 Å². The van der Waals surface area contributed by atoms with Crippen molar-refractivity contribution in [1.82, 2.24) is 19.9 Å². The van der Waals surface area contributed by atoms with Crippen LogP contribution in [0.5, 0.6) is 0 Å². The summed E-state index contributed by atoms with van der Waals surface area (Å²) < 4.78 is 10.7. The van der Waals surface area contributed by atoms with E-state index in [-0.39, 0.29) is 0 Å². The lowest BCUT2D eigenvalue weighted by atomic mass is 10.2. The van der Waals surface area contributed by atoms with E-state index < -0.39 is 0 Å². The fourth-order valence-electron chi connectivity index (χ4n) is 3.18. The molecule has 164 valence electrons. The number of nitrogens with zero attached hydrogens (tertiary/aromatic N) is 4. The Balaban J connectivity index is 0.000000129. The summed E-state index contributed by atoms with van der Waals surface area (Å²) in [5.74, 6) is 0.623. The minimum absolute atomic E-state index is 0.623. The normalized spacial score (nSPS) is 10.3. The summed E-state index contributed by atoms with van der Waals surface area (Å²) in [6, 6.07) is 19.5. The van der Waals surface area contributed by atoms with Gasteiger partial charge in [0.25, 0.3) is 0 Å². The average Bonchev–Trinajstić information content (AvgIpc) is 3.47. The summed E-state index contributed by atoms with van der Waals surface area (Å²) in [6.07, 6.45) is 8.73. The number of aryl methyl sites for hydroxylation is 3. The van der Waals surface area contributed by atoms with Gasteiger partial charge in [-0.05, 0) is 67.8 Å². The van der Waals surface area contributed by atoms with Crippen LogP contribution in [0, 0.1) is 20.8 Å². The average molecular weight is 437 g/mol. The lowest BCUT2D eigenvalue weighted by Crippen LogP contribution is -1.81. The van der Waals surface area contributed by atoms with Gasteiger partial charge in [-0.3, -0.25) is 9.97 Å². The Labute approximate surface area is 192 Å². The molecule has 6 aromatic rings. The van der Waals surface area contributed by atoms with Gasteiger partial charge >= 0.3 is 0 Å². The molecule has 4 heterocycles. The SMILES string of the molecule is Cc1cncc(-c2nc3ccccc3o2)c1.Cc1cncc(C)c1.c1ccc2ocnc2c1. The summed E-state index contributed by atoms with van der Waals surface area (Å²) in [6.45, 7) is 6.08. The highest BCUT2D eigenvalue weighted by atomic mass is 16.3. The maximum Gasteiger partial charge on any atom is 0.228 e. The predicted molar refractivity (Wildman–Crippen MR) is 130 cm³/mol. The molecule has 0 saturated heterocycles. The molecule has 0 radical (unpaired) electrons. The minimum atomic E-state index is 0.623.